The van der Waals surface area contributed by atoms with Gasteiger partial charge in [0.15, 0.2) is 7.14 Å². The van der Waals surface area contributed by atoms with Crippen LogP contribution in [0.15, 0.2) is 103 Å². The topological polar surface area (TPSA) is 47.8 Å². The Hall–Kier alpha value is -3.49. The predicted molar refractivity (Wildman–Crippen MR) is 123 cm³/mol. The van der Waals surface area contributed by atoms with Crippen molar-refractivity contribution in [3.63, 3.8) is 0 Å². The van der Waals surface area contributed by atoms with Crippen molar-refractivity contribution in [3.05, 3.63) is 103 Å². The van der Waals surface area contributed by atoms with Gasteiger partial charge >= 0.3 is 0 Å². The number of hydrogen-bond donors (Lipinski definition) is 0. The highest BCUT2D eigenvalue weighted by Gasteiger charge is 2.33. The van der Waals surface area contributed by atoms with Crippen LogP contribution in [0.3, 0.4) is 0 Å². The molecule has 0 N–H and O–H groups in total. The first kappa shape index (κ1) is 18.5. The quantitative estimate of drug-likeness (QED) is 0.417. The summed E-state index contributed by atoms with van der Waals surface area (Å²) in [5.74, 6) is 0. The Morgan fingerprint density at radius 1 is 0.733 bits per heavy atom. The van der Waals surface area contributed by atoms with Crippen LogP contribution < -0.4 is 16.0 Å². The third-order valence-electron chi connectivity index (χ3n) is 5.41. The molecule has 0 amide bonds. The lowest BCUT2D eigenvalue weighted by Crippen LogP contribution is -2.28. The molecule has 0 unspecified atom stereocenters. The lowest BCUT2D eigenvalue weighted by atomic mass is 10.1. The second kappa shape index (κ2) is 7.40. The largest absolute Gasteiger partial charge is 0.325 e. The van der Waals surface area contributed by atoms with E-state index >= 15 is 0 Å². The SMILES string of the molecule is Cn1c(P(=O)(c2ccccc2)c2ccccc2)cc2c(-c3ccccc3)ncnc21. The summed E-state index contributed by atoms with van der Waals surface area (Å²) in [5.41, 5.74) is 3.37. The highest BCUT2D eigenvalue weighted by molar-refractivity contribution is 7.85. The van der Waals surface area contributed by atoms with Gasteiger partial charge in [0.25, 0.3) is 0 Å². The molecule has 0 fully saturated rings. The van der Waals surface area contributed by atoms with E-state index in [0.29, 0.717) is 0 Å². The normalized spacial score (nSPS) is 11.6. The van der Waals surface area contributed by atoms with Crippen molar-refractivity contribution >= 4 is 34.2 Å². The molecule has 0 atom stereocenters. The van der Waals surface area contributed by atoms with E-state index in [4.69, 9.17) is 0 Å². The molecule has 0 spiro atoms. The summed E-state index contributed by atoms with van der Waals surface area (Å²) in [7, 11) is -1.17. The van der Waals surface area contributed by atoms with Gasteiger partial charge in [0.1, 0.15) is 12.0 Å². The van der Waals surface area contributed by atoms with E-state index in [1.165, 1.54) is 0 Å². The molecule has 5 aromatic rings. The summed E-state index contributed by atoms with van der Waals surface area (Å²) < 4.78 is 16.7. The highest BCUT2D eigenvalue weighted by atomic mass is 31.2. The molecule has 4 nitrogen and oxygen atoms in total. The van der Waals surface area contributed by atoms with Crippen molar-refractivity contribution < 1.29 is 4.57 Å². The standard InChI is InChI=1S/C25H20N3OP/c1-28-23(17-22-24(26-18-27-25(22)28)19-11-5-2-6-12-19)30(29,20-13-7-3-8-14-20)21-15-9-4-10-16-21/h2-18H,1H3. The van der Waals surface area contributed by atoms with Crippen LogP contribution in [0.25, 0.3) is 22.3 Å². The van der Waals surface area contributed by atoms with Gasteiger partial charge in [-0.2, -0.15) is 0 Å². The van der Waals surface area contributed by atoms with Crippen molar-refractivity contribution in [2.24, 2.45) is 7.05 Å². The predicted octanol–water partition coefficient (Wildman–Crippen LogP) is 4.27. The van der Waals surface area contributed by atoms with Gasteiger partial charge in [0, 0.05) is 28.6 Å². The van der Waals surface area contributed by atoms with Crippen LogP contribution in [-0.4, -0.2) is 14.5 Å². The van der Waals surface area contributed by atoms with Crippen molar-refractivity contribution in [1.82, 2.24) is 14.5 Å². The molecular weight excluding hydrogens is 389 g/mol. The lowest BCUT2D eigenvalue weighted by Gasteiger charge is -2.20. The van der Waals surface area contributed by atoms with Crippen LogP contribution in [0.5, 0.6) is 0 Å². The smallest absolute Gasteiger partial charge is 0.186 e. The molecule has 0 aliphatic heterocycles. The Morgan fingerprint density at radius 3 is 1.83 bits per heavy atom. The molecule has 0 radical (unpaired) electrons. The number of fused-ring (bicyclic) bond motifs is 1. The van der Waals surface area contributed by atoms with Gasteiger partial charge in [-0.25, -0.2) is 9.97 Å². The number of aromatic nitrogens is 3. The average molecular weight is 409 g/mol. The molecule has 146 valence electrons. The summed E-state index contributed by atoms with van der Waals surface area (Å²) >= 11 is 0. The van der Waals surface area contributed by atoms with Crippen LogP contribution in [0.1, 0.15) is 0 Å². The number of benzene rings is 3. The third-order valence-corrected chi connectivity index (χ3v) is 8.53. The first-order valence-corrected chi connectivity index (χ1v) is 11.5. The first-order chi connectivity index (χ1) is 14.7. The molecule has 0 saturated carbocycles. The minimum absolute atomic E-state index is 0.743. The van der Waals surface area contributed by atoms with E-state index in [0.717, 1.165) is 38.3 Å². The van der Waals surface area contributed by atoms with Gasteiger partial charge in [-0.05, 0) is 6.07 Å². The molecular formula is C25H20N3OP. The second-order valence-electron chi connectivity index (χ2n) is 7.17. The van der Waals surface area contributed by atoms with Crippen LogP contribution in [0, 0.1) is 0 Å². The number of rotatable bonds is 4. The molecule has 0 aliphatic carbocycles. The van der Waals surface area contributed by atoms with Gasteiger partial charge < -0.3 is 9.13 Å². The van der Waals surface area contributed by atoms with E-state index < -0.39 is 7.14 Å². The number of nitrogens with zero attached hydrogens (tertiary/aromatic N) is 3. The third kappa shape index (κ3) is 2.89. The fraction of sp³-hybridized carbons (Fsp3) is 0.0400. The summed E-state index contributed by atoms with van der Waals surface area (Å²) in [6, 6.07) is 31.4. The van der Waals surface area contributed by atoms with E-state index in [1.807, 2.05) is 109 Å². The van der Waals surface area contributed by atoms with E-state index in [2.05, 4.69) is 9.97 Å². The van der Waals surface area contributed by atoms with Crippen LogP contribution in [-0.2, 0) is 11.6 Å². The molecule has 5 heteroatoms. The number of aryl methyl sites for hydroxylation is 1. The zero-order valence-electron chi connectivity index (χ0n) is 16.5. The molecule has 2 aromatic heterocycles. The maximum absolute atomic E-state index is 14.8. The zero-order valence-corrected chi connectivity index (χ0v) is 17.4. The van der Waals surface area contributed by atoms with E-state index in [-0.39, 0.29) is 0 Å². The molecule has 2 heterocycles. The van der Waals surface area contributed by atoms with E-state index in [1.54, 1.807) is 6.33 Å². The van der Waals surface area contributed by atoms with Crippen molar-refractivity contribution in [2.45, 2.75) is 0 Å². The molecule has 5 rings (SSSR count). The van der Waals surface area contributed by atoms with E-state index in [9.17, 15) is 4.57 Å². The highest BCUT2D eigenvalue weighted by Crippen LogP contribution is 2.43. The van der Waals surface area contributed by atoms with Gasteiger partial charge in [-0.15, -0.1) is 0 Å². The summed E-state index contributed by atoms with van der Waals surface area (Å²) in [5, 5.41) is 2.50. The molecule has 0 saturated heterocycles. The first-order valence-electron chi connectivity index (χ1n) is 9.77. The minimum Gasteiger partial charge on any atom is -0.325 e. The van der Waals surface area contributed by atoms with Crippen molar-refractivity contribution in [1.29, 1.82) is 0 Å². The summed E-state index contributed by atoms with van der Waals surface area (Å²) in [6.45, 7) is 0. The molecule has 0 aliphatic rings. The van der Waals surface area contributed by atoms with Gasteiger partial charge in [0.2, 0.25) is 0 Å². The fourth-order valence-electron chi connectivity index (χ4n) is 3.94. The number of hydrogen-bond acceptors (Lipinski definition) is 3. The zero-order chi connectivity index (χ0) is 20.6. The Balaban J connectivity index is 1.83. The van der Waals surface area contributed by atoms with Crippen molar-refractivity contribution in [2.75, 3.05) is 0 Å². The Bertz CT molecular complexity index is 1320. The summed E-state index contributed by atoms with van der Waals surface area (Å²) in [4.78, 5) is 9.06. The molecule has 0 bridgehead atoms. The van der Waals surface area contributed by atoms with Crippen LogP contribution in [0.2, 0.25) is 0 Å². The van der Waals surface area contributed by atoms with Gasteiger partial charge in [-0.3, -0.25) is 0 Å². The molecule has 3 aromatic carbocycles. The van der Waals surface area contributed by atoms with Crippen molar-refractivity contribution in [3.8, 4) is 11.3 Å². The Labute approximate surface area is 175 Å². The molecule has 30 heavy (non-hydrogen) atoms. The van der Waals surface area contributed by atoms with Gasteiger partial charge in [0.05, 0.1) is 11.1 Å². The maximum atomic E-state index is 14.8. The lowest BCUT2D eigenvalue weighted by molar-refractivity contribution is 0.591. The fourth-order valence-corrected chi connectivity index (χ4v) is 6.78. The Kier molecular flexibility index (Phi) is 4.57. The average Bonchev–Trinajstić information content (AvgIpc) is 3.17. The monoisotopic (exact) mass is 409 g/mol. The maximum Gasteiger partial charge on any atom is 0.186 e. The second-order valence-corrected chi connectivity index (χ2v) is 9.88. The Morgan fingerprint density at radius 2 is 1.27 bits per heavy atom. The van der Waals surface area contributed by atoms with Gasteiger partial charge in [-0.1, -0.05) is 91.0 Å². The van der Waals surface area contributed by atoms with Crippen LogP contribution >= 0.6 is 7.14 Å². The van der Waals surface area contributed by atoms with Crippen LogP contribution in [0.4, 0.5) is 0 Å². The minimum atomic E-state index is -3.10. The summed E-state index contributed by atoms with van der Waals surface area (Å²) in [6.07, 6.45) is 1.57.